The van der Waals surface area contributed by atoms with E-state index in [0.717, 1.165) is 29.3 Å². The summed E-state index contributed by atoms with van der Waals surface area (Å²) < 4.78 is 9.76. The highest BCUT2D eigenvalue weighted by Crippen LogP contribution is 2.43. The molecule has 0 amide bonds. The average molecular weight is 370 g/mol. The van der Waals surface area contributed by atoms with Gasteiger partial charge in [-0.25, -0.2) is 0 Å². The Kier molecular flexibility index (Phi) is 3.91. The van der Waals surface area contributed by atoms with Crippen molar-refractivity contribution in [3.63, 3.8) is 0 Å². The molecule has 3 aliphatic carbocycles. The van der Waals surface area contributed by atoms with Crippen LogP contribution in [0.4, 0.5) is 5.69 Å². The summed E-state index contributed by atoms with van der Waals surface area (Å²) in [7, 11) is 0. The van der Waals surface area contributed by atoms with Gasteiger partial charge in [0.05, 0.1) is 11.3 Å². The van der Waals surface area contributed by atoms with Gasteiger partial charge in [0.15, 0.2) is 5.09 Å². The van der Waals surface area contributed by atoms with Crippen LogP contribution < -0.4 is 4.72 Å². The number of hydrogen-bond acceptors (Lipinski definition) is 4. The van der Waals surface area contributed by atoms with Gasteiger partial charge in [-0.3, -0.25) is 0 Å². The lowest BCUT2D eigenvalue weighted by Crippen LogP contribution is -2.29. The average Bonchev–Trinajstić information content (AvgIpc) is 3.28. The van der Waals surface area contributed by atoms with E-state index in [1.807, 2.05) is 13.0 Å². The zero-order chi connectivity index (χ0) is 17.9. The van der Waals surface area contributed by atoms with Crippen LogP contribution in [0.3, 0.4) is 0 Å². The third kappa shape index (κ3) is 2.69. The summed E-state index contributed by atoms with van der Waals surface area (Å²) in [5.41, 5.74) is 7.69. The molecule has 0 aliphatic heterocycles. The first-order valence-corrected chi connectivity index (χ1v) is 10.8. The third-order valence-electron chi connectivity index (χ3n) is 6.37. The Hall–Kier alpha value is -1.39. The number of hydrogen-bond donors (Lipinski definition) is 2. The predicted octanol–water partition coefficient (Wildman–Crippen LogP) is 5.17. The number of aryl methyl sites for hydroxylation is 2. The SMILES string of the molecule is CC1Cc2oc(SNc3c4c(cc5c3CCC5)CCC4)cc2C(C)(O)C1. The van der Waals surface area contributed by atoms with E-state index in [-0.39, 0.29) is 0 Å². The van der Waals surface area contributed by atoms with Crippen molar-refractivity contribution in [2.75, 3.05) is 4.72 Å². The molecule has 2 aromatic rings. The number of rotatable bonds is 3. The molecule has 0 bridgehead atoms. The summed E-state index contributed by atoms with van der Waals surface area (Å²) in [4.78, 5) is 0. The Balaban J connectivity index is 1.43. The maximum atomic E-state index is 10.8. The first kappa shape index (κ1) is 16.8. The first-order chi connectivity index (χ1) is 12.5. The van der Waals surface area contributed by atoms with E-state index in [9.17, 15) is 5.11 Å². The van der Waals surface area contributed by atoms with Crippen LogP contribution in [-0.2, 0) is 37.7 Å². The zero-order valence-corrected chi connectivity index (χ0v) is 16.5. The van der Waals surface area contributed by atoms with Crippen molar-refractivity contribution in [3.8, 4) is 0 Å². The molecular formula is C22H27NO2S. The topological polar surface area (TPSA) is 45.4 Å². The molecule has 0 saturated carbocycles. The molecule has 2 N–H and O–H groups in total. The van der Waals surface area contributed by atoms with E-state index in [2.05, 4.69) is 17.7 Å². The third-order valence-corrected chi connectivity index (χ3v) is 7.08. The number of anilines is 1. The minimum atomic E-state index is -0.773. The van der Waals surface area contributed by atoms with Crippen LogP contribution in [0.25, 0.3) is 0 Å². The number of aliphatic hydroxyl groups is 1. The van der Waals surface area contributed by atoms with Crippen molar-refractivity contribution in [2.24, 2.45) is 5.92 Å². The molecule has 3 aliphatic rings. The van der Waals surface area contributed by atoms with Gasteiger partial charge in [-0.2, -0.15) is 0 Å². The number of benzene rings is 1. The quantitative estimate of drug-likeness (QED) is 0.733. The van der Waals surface area contributed by atoms with Crippen molar-refractivity contribution in [3.05, 3.63) is 45.7 Å². The maximum Gasteiger partial charge on any atom is 0.181 e. The van der Waals surface area contributed by atoms with Gasteiger partial charge in [0, 0.05) is 23.9 Å². The monoisotopic (exact) mass is 369 g/mol. The van der Waals surface area contributed by atoms with Crippen molar-refractivity contribution >= 4 is 17.6 Å². The Morgan fingerprint density at radius 3 is 2.50 bits per heavy atom. The molecule has 2 atom stereocenters. The fraction of sp³-hybridized carbons (Fsp3) is 0.545. The molecular weight excluding hydrogens is 342 g/mol. The molecule has 3 nitrogen and oxygen atoms in total. The lowest BCUT2D eigenvalue weighted by Gasteiger charge is -2.31. The van der Waals surface area contributed by atoms with Crippen LogP contribution >= 0.6 is 11.9 Å². The van der Waals surface area contributed by atoms with E-state index in [0.29, 0.717) is 5.92 Å². The molecule has 0 radical (unpaired) electrons. The molecule has 1 aromatic carbocycles. The Labute approximate surface area is 159 Å². The molecule has 26 heavy (non-hydrogen) atoms. The summed E-state index contributed by atoms with van der Waals surface area (Å²) in [5.74, 6) is 1.41. The van der Waals surface area contributed by atoms with Crippen LogP contribution in [0.5, 0.6) is 0 Å². The van der Waals surface area contributed by atoms with Gasteiger partial charge in [-0.1, -0.05) is 13.0 Å². The van der Waals surface area contributed by atoms with Gasteiger partial charge in [-0.05, 0) is 86.1 Å². The van der Waals surface area contributed by atoms with Crippen LogP contribution in [-0.4, -0.2) is 5.11 Å². The summed E-state index contributed by atoms with van der Waals surface area (Å²) in [6, 6.07) is 4.51. The van der Waals surface area contributed by atoms with Crippen LogP contribution in [0, 0.1) is 5.92 Å². The fourth-order valence-corrected chi connectivity index (χ4v) is 6.05. The van der Waals surface area contributed by atoms with Crippen LogP contribution in [0.15, 0.2) is 21.6 Å². The second-order valence-corrected chi connectivity index (χ2v) is 9.44. The molecule has 4 heteroatoms. The predicted molar refractivity (Wildman–Crippen MR) is 106 cm³/mol. The van der Waals surface area contributed by atoms with Gasteiger partial charge < -0.3 is 14.2 Å². The smallest absolute Gasteiger partial charge is 0.181 e. The molecule has 0 spiro atoms. The highest BCUT2D eigenvalue weighted by Gasteiger charge is 2.36. The van der Waals surface area contributed by atoms with E-state index >= 15 is 0 Å². The molecule has 0 fully saturated rings. The minimum Gasteiger partial charge on any atom is -0.453 e. The van der Waals surface area contributed by atoms with Crippen molar-refractivity contribution in [1.82, 2.24) is 0 Å². The molecule has 1 aromatic heterocycles. The normalized spacial score (nSPS) is 26.5. The Morgan fingerprint density at radius 1 is 1.12 bits per heavy atom. The maximum absolute atomic E-state index is 10.8. The van der Waals surface area contributed by atoms with Crippen molar-refractivity contribution in [2.45, 2.75) is 75.9 Å². The summed E-state index contributed by atoms with van der Waals surface area (Å²) in [5, 5.41) is 11.6. The Morgan fingerprint density at radius 2 is 1.81 bits per heavy atom. The van der Waals surface area contributed by atoms with Crippen molar-refractivity contribution in [1.29, 1.82) is 0 Å². The van der Waals surface area contributed by atoms with E-state index < -0.39 is 5.60 Å². The molecule has 1 heterocycles. The van der Waals surface area contributed by atoms with Gasteiger partial charge in [0.25, 0.3) is 0 Å². The van der Waals surface area contributed by atoms with Gasteiger partial charge in [0.1, 0.15) is 5.76 Å². The fourth-order valence-electron chi connectivity index (χ4n) is 5.28. The van der Waals surface area contributed by atoms with E-state index in [1.165, 1.54) is 55.3 Å². The summed E-state index contributed by atoms with van der Waals surface area (Å²) >= 11 is 1.57. The second kappa shape index (κ2) is 6.07. The number of furan rings is 1. The first-order valence-electron chi connectivity index (χ1n) is 9.96. The van der Waals surface area contributed by atoms with E-state index in [4.69, 9.17) is 4.42 Å². The molecule has 2 unspecified atom stereocenters. The highest BCUT2D eigenvalue weighted by atomic mass is 32.2. The van der Waals surface area contributed by atoms with Crippen molar-refractivity contribution < 1.29 is 9.52 Å². The zero-order valence-electron chi connectivity index (χ0n) is 15.7. The van der Waals surface area contributed by atoms with Gasteiger partial charge >= 0.3 is 0 Å². The molecule has 0 saturated heterocycles. The minimum absolute atomic E-state index is 0.454. The lowest BCUT2D eigenvalue weighted by molar-refractivity contribution is 0.0204. The van der Waals surface area contributed by atoms with E-state index in [1.54, 1.807) is 23.1 Å². The highest BCUT2D eigenvalue weighted by molar-refractivity contribution is 8.00. The molecule has 5 rings (SSSR count). The molecule has 138 valence electrons. The van der Waals surface area contributed by atoms with Gasteiger partial charge in [0.2, 0.25) is 0 Å². The van der Waals surface area contributed by atoms with Crippen LogP contribution in [0.2, 0.25) is 0 Å². The lowest BCUT2D eigenvalue weighted by atomic mass is 9.79. The second-order valence-electron chi connectivity index (χ2n) is 8.63. The summed E-state index contributed by atoms with van der Waals surface area (Å²) in [6.45, 7) is 4.09. The standard InChI is InChI=1S/C22H27NO2S/c1-13-9-19-18(22(2,24)12-13)11-20(25-19)26-23-21-16-7-3-5-14(16)10-15-6-4-8-17(15)21/h10-11,13,23-24H,3-9,12H2,1-2H3. The number of fused-ring (bicyclic) bond motifs is 3. The largest absolute Gasteiger partial charge is 0.453 e. The van der Waals surface area contributed by atoms with Crippen LogP contribution in [0.1, 0.15) is 66.7 Å². The number of nitrogens with one attached hydrogen (secondary N) is 1. The summed E-state index contributed by atoms with van der Waals surface area (Å²) in [6.07, 6.45) is 9.08. The Bertz CT molecular complexity index is 835. The van der Waals surface area contributed by atoms with Gasteiger partial charge in [-0.15, -0.1) is 0 Å².